The van der Waals surface area contributed by atoms with Crippen LogP contribution in [0.15, 0.2) is 12.1 Å². The zero-order chi connectivity index (χ0) is 19.6. The van der Waals surface area contributed by atoms with Crippen molar-refractivity contribution in [1.29, 1.82) is 0 Å². The summed E-state index contributed by atoms with van der Waals surface area (Å²) in [6, 6.07) is 3.11. The van der Waals surface area contributed by atoms with E-state index in [0.29, 0.717) is 36.4 Å². The lowest BCUT2D eigenvalue weighted by molar-refractivity contribution is -0.123. The van der Waals surface area contributed by atoms with Crippen molar-refractivity contribution in [3.05, 3.63) is 23.4 Å². The van der Waals surface area contributed by atoms with Gasteiger partial charge in [-0.2, -0.15) is 0 Å². The van der Waals surface area contributed by atoms with Crippen LogP contribution in [0.3, 0.4) is 0 Å². The molecule has 2 aliphatic carbocycles. The van der Waals surface area contributed by atoms with Gasteiger partial charge in [0.2, 0.25) is 11.8 Å². The summed E-state index contributed by atoms with van der Waals surface area (Å²) in [5, 5.41) is 5.47. The number of carbonyl (C=O) groups is 2. The molecular formula is C21H31N3O3. The fourth-order valence-electron chi connectivity index (χ4n) is 3.11. The molecule has 2 aliphatic rings. The molecule has 0 radical (unpaired) electrons. The lowest BCUT2D eigenvalue weighted by atomic mass is 9.87. The van der Waals surface area contributed by atoms with Crippen LogP contribution in [-0.4, -0.2) is 36.5 Å². The second-order valence-corrected chi connectivity index (χ2v) is 9.02. The molecule has 0 spiro atoms. The summed E-state index contributed by atoms with van der Waals surface area (Å²) >= 11 is 0. The molecule has 1 aromatic rings. The molecule has 27 heavy (non-hydrogen) atoms. The van der Waals surface area contributed by atoms with Gasteiger partial charge in [0, 0.05) is 12.6 Å². The molecule has 6 nitrogen and oxygen atoms in total. The Labute approximate surface area is 161 Å². The third kappa shape index (κ3) is 5.68. The molecule has 0 saturated heterocycles. The maximum absolute atomic E-state index is 12.8. The zero-order valence-corrected chi connectivity index (χ0v) is 16.8. The molecule has 1 atom stereocenters. The lowest BCUT2D eigenvalue weighted by Crippen LogP contribution is -2.47. The normalized spacial score (nSPS) is 17.9. The van der Waals surface area contributed by atoms with E-state index in [1.54, 1.807) is 13.1 Å². The minimum Gasteiger partial charge on any atom is -0.477 e. The van der Waals surface area contributed by atoms with E-state index in [2.05, 4.69) is 15.6 Å². The fourth-order valence-corrected chi connectivity index (χ4v) is 3.11. The average Bonchev–Trinajstić information content (AvgIpc) is 3.50. The van der Waals surface area contributed by atoms with Crippen molar-refractivity contribution < 1.29 is 14.3 Å². The van der Waals surface area contributed by atoms with E-state index in [9.17, 15) is 9.59 Å². The van der Waals surface area contributed by atoms with Gasteiger partial charge in [0.15, 0.2) is 0 Å². The molecule has 1 aromatic heterocycles. The zero-order valence-electron chi connectivity index (χ0n) is 16.8. The lowest BCUT2D eigenvalue weighted by Gasteiger charge is -2.25. The molecule has 2 N–H and O–H groups in total. The van der Waals surface area contributed by atoms with E-state index in [1.165, 1.54) is 12.8 Å². The van der Waals surface area contributed by atoms with Gasteiger partial charge in [0.05, 0.1) is 6.61 Å². The smallest absolute Gasteiger partial charge is 0.270 e. The fraction of sp³-hybridized carbons (Fsp3) is 0.667. The highest BCUT2D eigenvalue weighted by molar-refractivity contribution is 5.96. The molecule has 148 valence electrons. The monoisotopic (exact) mass is 373 g/mol. The minimum atomic E-state index is -0.594. The number of likely N-dealkylation sites (N-methyl/N-ethyl adjacent to an activating group) is 1. The Morgan fingerprint density at radius 1 is 1.22 bits per heavy atom. The van der Waals surface area contributed by atoms with Gasteiger partial charge in [-0.15, -0.1) is 0 Å². The van der Waals surface area contributed by atoms with Crippen LogP contribution < -0.4 is 15.4 Å². The van der Waals surface area contributed by atoms with Crippen LogP contribution in [0, 0.1) is 11.3 Å². The Hall–Kier alpha value is -2.11. The van der Waals surface area contributed by atoms with Crippen LogP contribution in [0.4, 0.5) is 0 Å². The minimum absolute atomic E-state index is 0.0910. The Morgan fingerprint density at radius 2 is 1.93 bits per heavy atom. The molecule has 0 aromatic carbocycles. The molecule has 2 saturated carbocycles. The Balaban J connectivity index is 1.73. The summed E-state index contributed by atoms with van der Waals surface area (Å²) < 4.78 is 5.94. The van der Waals surface area contributed by atoms with Gasteiger partial charge >= 0.3 is 0 Å². The first kappa shape index (κ1) is 19.6. The molecule has 2 fully saturated rings. The largest absolute Gasteiger partial charge is 0.477 e. The molecule has 6 heteroatoms. The van der Waals surface area contributed by atoms with Gasteiger partial charge in [0.1, 0.15) is 11.7 Å². The predicted molar refractivity (Wildman–Crippen MR) is 104 cm³/mol. The van der Waals surface area contributed by atoms with Crippen molar-refractivity contribution in [2.45, 2.75) is 64.8 Å². The summed E-state index contributed by atoms with van der Waals surface area (Å²) in [7, 11) is 1.58. The van der Waals surface area contributed by atoms with Crippen LogP contribution in [0.25, 0.3) is 0 Å². The molecule has 0 aliphatic heterocycles. The summed E-state index contributed by atoms with van der Waals surface area (Å²) in [5.74, 6) is 1.18. The van der Waals surface area contributed by atoms with Crippen LogP contribution in [0.2, 0.25) is 0 Å². The number of ether oxygens (including phenoxy) is 1. The highest BCUT2D eigenvalue weighted by atomic mass is 16.5. The number of hydrogen-bond donors (Lipinski definition) is 2. The second kappa shape index (κ2) is 7.87. The highest BCUT2D eigenvalue weighted by Crippen LogP contribution is 2.44. The number of nitrogens with zero attached hydrogens (tertiary/aromatic N) is 1. The first-order valence-corrected chi connectivity index (χ1v) is 9.93. The van der Waals surface area contributed by atoms with E-state index in [1.807, 2.05) is 26.8 Å². The first-order valence-electron chi connectivity index (χ1n) is 9.93. The van der Waals surface area contributed by atoms with Crippen molar-refractivity contribution in [2.24, 2.45) is 11.3 Å². The van der Waals surface area contributed by atoms with Gasteiger partial charge in [-0.1, -0.05) is 26.8 Å². The average molecular weight is 373 g/mol. The number of nitrogens with one attached hydrogen (secondary N) is 2. The van der Waals surface area contributed by atoms with Crippen molar-refractivity contribution in [2.75, 3.05) is 13.7 Å². The second-order valence-electron chi connectivity index (χ2n) is 9.02. The number of hydrogen-bond acceptors (Lipinski definition) is 4. The van der Waals surface area contributed by atoms with Gasteiger partial charge < -0.3 is 15.4 Å². The molecule has 1 heterocycles. The third-order valence-corrected chi connectivity index (χ3v) is 4.98. The van der Waals surface area contributed by atoms with Crippen molar-refractivity contribution in [3.8, 4) is 5.88 Å². The van der Waals surface area contributed by atoms with Gasteiger partial charge in [0.25, 0.3) is 5.91 Å². The topological polar surface area (TPSA) is 80.3 Å². The van der Waals surface area contributed by atoms with Crippen molar-refractivity contribution >= 4 is 11.8 Å². The highest BCUT2D eigenvalue weighted by Gasteiger charge is 2.31. The van der Waals surface area contributed by atoms with Crippen LogP contribution in [-0.2, 0) is 4.79 Å². The van der Waals surface area contributed by atoms with Crippen LogP contribution in [0.5, 0.6) is 5.88 Å². The van der Waals surface area contributed by atoms with E-state index < -0.39 is 6.04 Å². The molecule has 1 unspecified atom stereocenters. The quantitative estimate of drug-likeness (QED) is 0.734. The van der Waals surface area contributed by atoms with Gasteiger partial charge in [-0.25, -0.2) is 4.98 Å². The Morgan fingerprint density at radius 3 is 2.48 bits per heavy atom. The number of carbonyl (C=O) groups excluding carboxylic acids is 2. The number of amides is 2. The number of rotatable bonds is 8. The van der Waals surface area contributed by atoms with E-state index in [-0.39, 0.29) is 17.2 Å². The van der Waals surface area contributed by atoms with Crippen molar-refractivity contribution in [1.82, 2.24) is 15.6 Å². The molecule has 3 rings (SSSR count). The van der Waals surface area contributed by atoms with Crippen LogP contribution >= 0.6 is 0 Å². The van der Waals surface area contributed by atoms with Gasteiger partial charge in [-0.3, -0.25) is 9.59 Å². The number of aromatic nitrogens is 1. The van der Waals surface area contributed by atoms with Gasteiger partial charge in [-0.05, 0) is 55.4 Å². The van der Waals surface area contributed by atoms with Crippen LogP contribution in [0.1, 0.15) is 74.8 Å². The van der Waals surface area contributed by atoms with Crippen molar-refractivity contribution in [3.63, 3.8) is 0 Å². The van der Waals surface area contributed by atoms with E-state index in [4.69, 9.17) is 4.74 Å². The predicted octanol–water partition coefficient (Wildman–Crippen LogP) is 3.03. The standard InChI is InChI=1S/C21H31N3O3/c1-21(2,3)11-17(18(25)22-4)23-19(26)16-10-9-15(14-7-8-14)20(24-16)27-12-13-5-6-13/h9-10,13-14,17H,5-8,11-12H2,1-4H3,(H,22,25)(H,23,26). The molecule has 0 bridgehead atoms. The SMILES string of the molecule is CNC(=O)C(CC(C)(C)C)NC(=O)c1ccc(C2CC2)c(OCC2CC2)n1. The maximum atomic E-state index is 12.8. The summed E-state index contributed by atoms with van der Waals surface area (Å²) in [6.45, 7) is 6.80. The van der Waals surface area contributed by atoms with E-state index >= 15 is 0 Å². The third-order valence-electron chi connectivity index (χ3n) is 4.98. The maximum Gasteiger partial charge on any atom is 0.270 e. The molecular weight excluding hydrogens is 342 g/mol. The Kier molecular flexibility index (Phi) is 5.72. The Bertz CT molecular complexity index is 703. The summed E-state index contributed by atoms with van der Waals surface area (Å²) in [6.07, 6.45) is 5.26. The van der Waals surface area contributed by atoms with E-state index in [0.717, 1.165) is 18.4 Å². The summed E-state index contributed by atoms with van der Waals surface area (Å²) in [5.41, 5.74) is 1.31. The number of pyridine rings is 1. The first-order chi connectivity index (χ1) is 12.8. The molecule has 2 amide bonds. The summed E-state index contributed by atoms with van der Waals surface area (Å²) in [4.78, 5) is 29.4.